The second kappa shape index (κ2) is 8.90. The van der Waals surface area contributed by atoms with Crippen LogP contribution in [0.5, 0.6) is 0 Å². The summed E-state index contributed by atoms with van der Waals surface area (Å²) in [5, 5.41) is 5.50. The topological polar surface area (TPSA) is 28.2 Å². The number of rotatable bonds is 7. The molecule has 28 heavy (non-hydrogen) atoms. The van der Waals surface area contributed by atoms with Gasteiger partial charge in [-0.05, 0) is 53.8 Å². The molecular weight excluding hydrogens is 376 g/mol. The molecule has 1 aliphatic rings. The minimum Gasteiger partial charge on any atom is -0.310 e. The number of fused-ring (bicyclic) bond motifs is 1. The molecule has 1 unspecified atom stereocenters. The summed E-state index contributed by atoms with van der Waals surface area (Å²) in [6, 6.07) is 12.1. The molecule has 1 aromatic heterocycles. The lowest BCUT2D eigenvalue weighted by molar-refractivity contribution is 0.170. The highest BCUT2D eigenvalue weighted by Gasteiger charge is 2.26. The Kier molecular flexibility index (Phi) is 6.10. The van der Waals surface area contributed by atoms with Crippen molar-refractivity contribution >= 4 is 11.3 Å². The fourth-order valence-corrected chi connectivity index (χ4v) is 4.35. The monoisotopic (exact) mass is 399 g/mol. The molecule has 0 aliphatic carbocycles. The summed E-state index contributed by atoms with van der Waals surface area (Å²) in [5.41, 5.74) is 6.28. The third-order valence-electron chi connectivity index (χ3n) is 5.26. The number of halogens is 2. The molecule has 0 radical (unpaired) electrons. The summed E-state index contributed by atoms with van der Waals surface area (Å²) in [6.45, 7) is 3.32. The van der Waals surface area contributed by atoms with Crippen molar-refractivity contribution < 1.29 is 8.78 Å². The van der Waals surface area contributed by atoms with Crippen LogP contribution >= 0.6 is 11.3 Å². The predicted octanol–water partition coefficient (Wildman–Crippen LogP) is 4.18. The Balaban J connectivity index is 1.43. The van der Waals surface area contributed by atoms with Crippen molar-refractivity contribution in [3.05, 3.63) is 87.4 Å². The van der Waals surface area contributed by atoms with Crippen LogP contribution in [0.1, 0.15) is 22.4 Å². The van der Waals surface area contributed by atoms with Gasteiger partial charge in [-0.1, -0.05) is 18.2 Å². The molecule has 146 valence electrons. The van der Waals surface area contributed by atoms with Crippen molar-refractivity contribution in [1.82, 2.24) is 15.2 Å². The van der Waals surface area contributed by atoms with Gasteiger partial charge in [0.2, 0.25) is 0 Å². The number of thiazole rings is 1. The van der Waals surface area contributed by atoms with Gasteiger partial charge in [-0.2, -0.15) is 0 Å². The lowest BCUT2D eigenvalue weighted by Crippen LogP contribution is -2.44. The van der Waals surface area contributed by atoms with Gasteiger partial charge in [0, 0.05) is 37.6 Å². The third-order valence-corrected chi connectivity index (χ3v) is 5.90. The molecule has 2 heterocycles. The normalized spacial score (nSPS) is 16.9. The van der Waals surface area contributed by atoms with E-state index in [1.165, 1.54) is 23.8 Å². The SMILES string of the molecule is Fc1ccc(CC2Cc3cc(F)ccc3CN2CCNCc2cscn2)cc1. The van der Waals surface area contributed by atoms with E-state index in [0.717, 1.165) is 55.8 Å². The number of nitrogens with zero attached hydrogens (tertiary/aromatic N) is 2. The van der Waals surface area contributed by atoms with E-state index in [9.17, 15) is 8.78 Å². The number of hydrogen-bond acceptors (Lipinski definition) is 4. The van der Waals surface area contributed by atoms with Crippen LogP contribution in [-0.4, -0.2) is 29.0 Å². The molecule has 1 aliphatic heterocycles. The predicted molar refractivity (Wildman–Crippen MR) is 108 cm³/mol. The lowest BCUT2D eigenvalue weighted by atomic mass is 9.90. The van der Waals surface area contributed by atoms with Crippen molar-refractivity contribution in [1.29, 1.82) is 0 Å². The highest BCUT2D eigenvalue weighted by molar-refractivity contribution is 7.07. The first-order chi connectivity index (χ1) is 13.7. The van der Waals surface area contributed by atoms with E-state index in [4.69, 9.17) is 0 Å². The second-order valence-corrected chi connectivity index (χ2v) is 7.95. The fourth-order valence-electron chi connectivity index (χ4n) is 3.79. The highest BCUT2D eigenvalue weighted by atomic mass is 32.1. The zero-order valence-corrected chi connectivity index (χ0v) is 16.4. The smallest absolute Gasteiger partial charge is 0.123 e. The number of nitrogens with one attached hydrogen (secondary N) is 1. The van der Waals surface area contributed by atoms with Crippen LogP contribution in [0.2, 0.25) is 0 Å². The molecule has 6 heteroatoms. The van der Waals surface area contributed by atoms with E-state index in [1.807, 2.05) is 23.7 Å². The Morgan fingerprint density at radius 3 is 2.68 bits per heavy atom. The Bertz CT molecular complexity index is 897. The fraction of sp³-hybridized carbons (Fsp3) is 0.318. The van der Waals surface area contributed by atoms with E-state index in [0.29, 0.717) is 0 Å². The number of aromatic nitrogens is 1. The summed E-state index contributed by atoms with van der Waals surface area (Å²) >= 11 is 1.60. The molecule has 0 fully saturated rings. The molecule has 1 atom stereocenters. The van der Waals surface area contributed by atoms with E-state index in [1.54, 1.807) is 17.4 Å². The Labute approximate surface area is 168 Å². The van der Waals surface area contributed by atoms with Gasteiger partial charge in [0.25, 0.3) is 0 Å². The minimum atomic E-state index is -0.220. The zero-order valence-electron chi connectivity index (χ0n) is 15.6. The summed E-state index contributed by atoms with van der Waals surface area (Å²) in [4.78, 5) is 6.73. The van der Waals surface area contributed by atoms with Gasteiger partial charge in [0.05, 0.1) is 11.2 Å². The summed E-state index contributed by atoms with van der Waals surface area (Å²) < 4.78 is 26.9. The number of hydrogen-bond donors (Lipinski definition) is 1. The van der Waals surface area contributed by atoms with Crippen molar-refractivity contribution in [2.45, 2.75) is 32.0 Å². The average Bonchev–Trinajstić information content (AvgIpc) is 3.21. The maximum Gasteiger partial charge on any atom is 0.123 e. The quantitative estimate of drug-likeness (QED) is 0.604. The molecular formula is C22H23F2N3S. The molecule has 2 aromatic carbocycles. The Morgan fingerprint density at radius 2 is 1.89 bits per heavy atom. The first kappa shape index (κ1) is 19.2. The van der Waals surface area contributed by atoms with Gasteiger partial charge in [-0.25, -0.2) is 13.8 Å². The summed E-state index contributed by atoms with van der Waals surface area (Å²) in [5.74, 6) is -0.402. The van der Waals surface area contributed by atoms with Crippen molar-refractivity contribution in [2.24, 2.45) is 0 Å². The van der Waals surface area contributed by atoms with Gasteiger partial charge in [0.1, 0.15) is 11.6 Å². The van der Waals surface area contributed by atoms with Gasteiger partial charge in [0.15, 0.2) is 0 Å². The van der Waals surface area contributed by atoms with Crippen LogP contribution in [0.15, 0.2) is 53.4 Å². The average molecular weight is 400 g/mol. The van der Waals surface area contributed by atoms with Crippen LogP contribution in [0.4, 0.5) is 8.78 Å². The van der Waals surface area contributed by atoms with Crippen LogP contribution in [0, 0.1) is 11.6 Å². The molecule has 0 saturated heterocycles. The lowest BCUT2D eigenvalue weighted by Gasteiger charge is -2.37. The molecule has 0 bridgehead atoms. The standard InChI is InChI=1S/C22H23F2N3S/c23-19-4-1-16(2-5-19)9-22-11-18-10-20(24)6-3-17(18)13-27(22)8-7-25-12-21-14-28-15-26-21/h1-6,10,14-15,22,25H,7-9,11-13H2. The maximum atomic E-state index is 13.7. The minimum absolute atomic E-state index is 0.183. The van der Waals surface area contributed by atoms with Gasteiger partial charge in [-0.3, -0.25) is 4.90 Å². The first-order valence-corrected chi connectivity index (χ1v) is 10.5. The molecule has 0 spiro atoms. The maximum absolute atomic E-state index is 13.7. The highest BCUT2D eigenvalue weighted by Crippen LogP contribution is 2.26. The molecule has 4 rings (SSSR count). The summed E-state index contributed by atoms with van der Waals surface area (Å²) in [7, 11) is 0. The largest absolute Gasteiger partial charge is 0.310 e. The summed E-state index contributed by atoms with van der Waals surface area (Å²) in [6.07, 6.45) is 1.62. The van der Waals surface area contributed by atoms with Crippen LogP contribution in [0.3, 0.4) is 0 Å². The van der Waals surface area contributed by atoms with Crippen molar-refractivity contribution in [3.8, 4) is 0 Å². The van der Waals surface area contributed by atoms with Gasteiger partial charge in [-0.15, -0.1) is 11.3 Å². The molecule has 0 amide bonds. The van der Waals surface area contributed by atoms with E-state index >= 15 is 0 Å². The Morgan fingerprint density at radius 1 is 1.07 bits per heavy atom. The molecule has 3 nitrogen and oxygen atoms in total. The second-order valence-electron chi connectivity index (χ2n) is 7.23. The van der Waals surface area contributed by atoms with Crippen molar-refractivity contribution in [3.63, 3.8) is 0 Å². The molecule has 3 aromatic rings. The van der Waals surface area contributed by atoms with E-state index in [2.05, 4.69) is 20.6 Å². The molecule has 1 N–H and O–H groups in total. The van der Waals surface area contributed by atoms with E-state index in [-0.39, 0.29) is 17.7 Å². The third kappa shape index (κ3) is 4.82. The first-order valence-electron chi connectivity index (χ1n) is 9.51. The molecule has 0 saturated carbocycles. The van der Waals surface area contributed by atoms with Gasteiger partial charge < -0.3 is 5.32 Å². The van der Waals surface area contributed by atoms with Gasteiger partial charge >= 0.3 is 0 Å². The Hall–Kier alpha value is -2.15. The van der Waals surface area contributed by atoms with Crippen LogP contribution in [-0.2, 0) is 25.9 Å². The zero-order chi connectivity index (χ0) is 19.3. The van der Waals surface area contributed by atoms with Crippen LogP contribution < -0.4 is 5.32 Å². The van der Waals surface area contributed by atoms with Crippen LogP contribution in [0.25, 0.3) is 0 Å². The number of benzene rings is 2. The van der Waals surface area contributed by atoms with Crippen molar-refractivity contribution in [2.75, 3.05) is 13.1 Å². The van der Waals surface area contributed by atoms with E-state index < -0.39 is 0 Å².